The molecule has 164 valence electrons. The van der Waals surface area contributed by atoms with E-state index >= 15 is 0 Å². The predicted octanol–water partition coefficient (Wildman–Crippen LogP) is 5.26. The molecular formula is C26H32N2O3. The van der Waals surface area contributed by atoms with E-state index in [-0.39, 0.29) is 5.97 Å². The first kappa shape index (κ1) is 22.6. The molecule has 1 saturated carbocycles. The fraction of sp³-hybridized carbons (Fsp3) is 0.385. The van der Waals surface area contributed by atoms with Crippen LogP contribution >= 0.6 is 0 Å². The Hall–Kier alpha value is -3.08. The number of amidine groups is 1. The molecule has 1 aliphatic rings. The Morgan fingerprint density at radius 1 is 1.00 bits per heavy atom. The molecule has 0 heterocycles. The molecule has 0 amide bonds. The zero-order valence-electron chi connectivity index (χ0n) is 19.4. The first-order chi connectivity index (χ1) is 14.8. The number of benzene rings is 2. The molecule has 5 heteroatoms. The number of carbonyl (C=O) groups excluding carboxylic acids is 1. The van der Waals surface area contributed by atoms with E-state index in [2.05, 4.69) is 41.4 Å². The summed E-state index contributed by atoms with van der Waals surface area (Å²) in [7, 11) is 5.61. The molecule has 0 spiro atoms. The Labute approximate surface area is 185 Å². The first-order valence-electron chi connectivity index (χ1n) is 10.7. The molecule has 0 aromatic heterocycles. The second-order valence-corrected chi connectivity index (χ2v) is 8.13. The molecule has 2 aromatic rings. The van der Waals surface area contributed by atoms with Crippen molar-refractivity contribution < 1.29 is 14.3 Å². The number of hydrogen-bond donors (Lipinski definition) is 0. The van der Waals surface area contributed by atoms with Gasteiger partial charge in [-0.15, -0.1) is 0 Å². The molecule has 1 fully saturated rings. The van der Waals surface area contributed by atoms with E-state index in [1.807, 2.05) is 51.9 Å². The van der Waals surface area contributed by atoms with Gasteiger partial charge in [0, 0.05) is 19.7 Å². The summed E-state index contributed by atoms with van der Waals surface area (Å²) in [5, 5.41) is 0. The van der Waals surface area contributed by atoms with Gasteiger partial charge in [0.2, 0.25) is 0 Å². The highest BCUT2D eigenvalue weighted by Crippen LogP contribution is 2.49. The topological polar surface area (TPSA) is 51.1 Å². The van der Waals surface area contributed by atoms with Gasteiger partial charge in [-0.3, -0.25) is 4.79 Å². The third-order valence-electron chi connectivity index (χ3n) is 5.84. The minimum absolute atomic E-state index is 0.103. The third-order valence-corrected chi connectivity index (χ3v) is 5.84. The predicted molar refractivity (Wildman–Crippen MR) is 126 cm³/mol. The van der Waals surface area contributed by atoms with Crippen molar-refractivity contribution >= 4 is 17.6 Å². The Morgan fingerprint density at radius 2 is 1.55 bits per heavy atom. The van der Waals surface area contributed by atoms with Crippen LogP contribution in [0, 0.1) is 0 Å². The second-order valence-electron chi connectivity index (χ2n) is 8.13. The van der Waals surface area contributed by atoms with Gasteiger partial charge in [0.15, 0.2) is 0 Å². The molecule has 0 radical (unpaired) electrons. The highest BCUT2D eigenvalue weighted by molar-refractivity contribution is 5.87. The lowest BCUT2D eigenvalue weighted by atomic mass is 9.93. The average molecular weight is 421 g/mol. The molecule has 3 rings (SSSR count). The lowest BCUT2D eigenvalue weighted by Gasteiger charge is -2.15. The Morgan fingerprint density at radius 3 is 2.00 bits per heavy atom. The summed E-state index contributed by atoms with van der Waals surface area (Å²) in [6, 6.07) is 16.5. The first-order valence-corrected chi connectivity index (χ1v) is 10.7. The summed E-state index contributed by atoms with van der Waals surface area (Å²) >= 11 is 0. The standard InChI is InChI=1S/C26H32N2O3/c1-7-31-25(29)26(16-17-26)23-14-12-21(13-15-23)20-8-10-22(11-9-20)24(30-6)18(2)27-19(3)28(4)5/h8-15H,7,16-17H2,1-6H3/b24-18+,27-19?. The quantitative estimate of drug-likeness (QED) is 0.265. The lowest BCUT2D eigenvalue weighted by Crippen LogP contribution is -2.23. The van der Waals surface area contributed by atoms with Gasteiger partial charge >= 0.3 is 5.97 Å². The van der Waals surface area contributed by atoms with Crippen LogP contribution in [0.1, 0.15) is 44.7 Å². The Balaban J connectivity index is 1.82. The molecule has 0 N–H and O–H groups in total. The van der Waals surface area contributed by atoms with E-state index in [1.54, 1.807) is 7.11 Å². The van der Waals surface area contributed by atoms with Crippen molar-refractivity contribution in [3.8, 4) is 11.1 Å². The molecule has 2 aromatic carbocycles. The molecule has 0 atom stereocenters. The van der Waals surface area contributed by atoms with Gasteiger partial charge < -0.3 is 14.4 Å². The lowest BCUT2D eigenvalue weighted by molar-refractivity contribution is -0.146. The van der Waals surface area contributed by atoms with Crippen molar-refractivity contribution in [2.24, 2.45) is 4.99 Å². The number of aliphatic imine (C=N–C) groups is 1. The molecule has 5 nitrogen and oxygen atoms in total. The van der Waals surface area contributed by atoms with Crippen LogP contribution in [-0.4, -0.2) is 44.5 Å². The van der Waals surface area contributed by atoms with E-state index in [0.717, 1.165) is 52.4 Å². The number of allylic oxidation sites excluding steroid dienone is 1. The number of nitrogens with zero attached hydrogens (tertiary/aromatic N) is 2. The zero-order chi connectivity index (χ0) is 22.6. The van der Waals surface area contributed by atoms with Gasteiger partial charge in [0.1, 0.15) is 11.6 Å². The monoisotopic (exact) mass is 420 g/mol. The summed E-state index contributed by atoms with van der Waals surface area (Å²) in [6.45, 7) is 6.19. The number of ether oxygens (including phenoxy) is 2. The van der Waals surface area contributed by atoms with Crippen LogP contribution < -0.4 is 0 Å². The van der Waals surface area contributed by atoms with Crippen LogP contribution in [-0.2, 0) is 19.7 Å². The van der Waals surface area contributed by atoms with Crippen molar-refractivity contribution in [1.82, 2.24) is 4.90 Å². The van der Waals surface area contributed by atoms with E-state index in [4.69, 9.17) is 9.47 Å². The van der Waals surface area contributed by atoms with E-state index < -0.39 is 5.41 Å². The summed E-state index contributed by atoms with van der Waals surface area (Å²) in [4.78, 5) is 18.9. The van der Waals surface area contributed by atoms with Gasteiger partial charge in [-0.2, -0.15) is 0 Å². The zero-order valence-corrected chi connectivity index (χ0v) is 19.4. The maximum Gasteiger partial charge on any atom is 0.316 e. The minimum atomic E-state index is -0.431. The minimum Gasteiger partial charge on any atom is -0.494 e. The maximum absolute atomic E-state index is 12.3. The van der Waals surface area contributed by atoms with Crippen LogP contribution in [0.4, 0.5) is 0 Å². The Kier molecular flexibility index (Phi) is 6.84. The highest BCUT2D eigenvalue weighted by Gasteiger charge is 2.52. The summed E-state index contributed by atoms with van der Waals surface area (Å²) in [6.07, 6.45) is 1.72. The number of carbonyl (C=O) groups is 1. The smallest absolute Gasteiger partial charge is 0.316 e. The van der Waals surface area contributed by atoms with Crippen LogP contribution in [0.3, 0.4) is 0 Å². The molecular weight excluding hydrogens is 388 g/mol. The summed E-state index contributed by atoms with van der Waals surface area (Å²) < 4.78 is 10.9. The van der Waals surface area contributed by atoms with Crippen molar-refractivity contribution in [2.45, 2.75) is 39.0 Å². The van der Waals surface area contributed by atoms with E-state index in [0.29, 0.717) is 6.61 Å². The van der Waals surface area contributed by atoms with E-state index in [9.17, 15) is 4.79 Å². The van der Waals surface area contributed by atoms with Gasteiger partial charge in [-0.05, 0) is 50.3 Å². The van der Waals surface area contributed by atoms with Gasteiger partial charge in [0.25, 0.3) is 0 Å². The maximum atomic E-state index is 12.3. The number of methoxy groups -OCH3 is 1. The molecule has 0 aliphatic heterocycles. The number of esters is 1. The fourth-order valence-corrected chi connectivity index (χ4v) is 3.67. The normalized spacial score (nSPS) is 15.7. The third kappa shape index (κ3) is 4.82. The van der Waals surface area contributed by atoms with Crippen LogP contribution in [0.25, 0.3) is 16.9 Å². The molecule has 1 aliphatic carbocycles. The van der Waals surface area contributed by atoms with Crippen molar-refractivity contribution in [3.63, 3.8) is 0 Å². The van der Waals surface area contributed by atoms with Crippen molar-refractivity contribution in [3.05, 3.63) is 65.4 Å². The average Bonchev–Trinajstić information content (AvgIpc) is 3.57. The summed E-state index contributed by atoms with van der Waals surface area (Å²) in [5.74, 6) is 1.57. The SMILES string of the molecule is CCOC(=O)C1(c2ccc(-c3ccc(/C(OC)=C(/C)N=C(C)N(C)C)cc3)cc2)CC1. The largest absolute Gasteiger partial charge is 0.494 e. The van der Waals surface area contributed by atoms with Gasteiger partial charge in [-0.1, -0.05) is 48.5 Å². The number of rotatable bonds is 7. The molecule has 31 heavy (non-hydrogen) atoms. The fourth-order valence-electron chi connectivity index (χ4n) is 3.67. The van der Waals surface area contributed by atoms with Crippen LogP contribution in [0.2, 0.25) is 0 Å². The van der Waals surface area contributed by atoms with Crippen molar-refractivity contribution in [1.29, 1.82) is 0 Å². The van der Waals surface area contributed by atoms with Gasteiger partial charge in [0.05, 0.1) is 24.8 Å². The highest BCUT2D eigenvalue weighted by atomic mass is 16.5. The molecule has 0 bridgehead atoms. The van der Waals surface area contributed by atoms with Gasteiger partial charge in [-0.25, -0.2) is 4.99 Å². The number of hydrogen-bond acceptors (Lipinski definition) is 4. The van der Waals surface area contributed by atoms with Crippen LogP contribution in [0.5, 0.6) is 0 Å². The van der Waals surface area contributed by atoms with Crippen LogP contribution in [0.15, 0.2) is 59.2 Å². The summed E-state index contributed by atoms with van der Waals surface area (Å²) in [5.41, 5.74) is 4.64. The molecule has 0 unspecified atom stereocenters. The molecule has 0 saturated heterocycles. The Bertz CT molecular complexity index is 982. The van der Waals surface area contributed by atoms with Crippen molar-refractivity contribution in [2.75, 3.05) is 27.8 Å². The second kappa shape index (κ2) is 9.38. The van der Waals surface area contributed by atoms with E-state index in [1.165, 1.54) is 0 Å².